The number of piperidine rings is 1. The summed E-state index contributed by atoms with van der Waals surface area (Å²) in [5.41, 5.74) is 8.36. The first-order valence-electron chi connectivity index (χ1n) is 12.5. The van der Waals surface area contributed by atoms with Gasteiger partial charge in [0.2, 0.25) is 5.91 Å². The van der Waals surface area contributed by atoms with Gasteiger partial charge in [0.15, 0.2) is 0 Å². The van der Waals surface area contributed by atoms with Gasteiger partial charge in [0, 0.05) is 24.4 Å². The van der Waals surface area contributed by atoms with E-state index in [0.717, 1.165) is 44.5 Å². The minimum Gasteiger partial charge on any atom is -0.496 e. The predicted molar refractivity (Wildman–Crippen MR) is 126 cm³/mol. The fraction of sp³-hybridized carbons (Fsp3) is 0.704. The lowest BCUT2D eigenvalue weighted by atomic mass is 9.55. The van der Waals surface area contributed by atoms with Crippen LogP contribution in [0.15, 0.2) is 18.2 Å². The normalized spacial score (nSPS) is 30.1. The van der Waals surface area contributed by atoms with Crippen LogP contribution < -0.4 is 10.5 Å². The predicted octanol–water partition coefficient (Wildman–Crippen LogP) is 4.60. The van der Waals surface area contributed by atoms with Gasteiger partial charge in [0.05, 0.1) is 13.7 Å². The summed E-state index contributed by atoms with van der Waals surface area (Å²) in [6.07, 6.45) is 5.71. The Labute approximate surface area is 197 Å². The maximum atomic E-state index is 13.1. The van der Waals surface area contributed by atoms with Crippen LogP contribution in [-0.2, 0) is 14.9 Å². The molecule has 4 fully saturated rings. The van der Waals surface area contributed by atoms with Crippen LogP contribution in [0.4, 0.5) is 4.79 Å². The van der Waals surface area contributed by atoms with E-state index in [2.05, 4.69) is 43.9 Å². The lowest BCUT2D eigenvalue weighted by Gasteiger charge is -2.53. The highest BCUT2D eigenvalue weighted by Gasteiger charge is 2.70. The van der Waals surface area contributed by atoms with Crippen molar-refractivity contribution in [1.29, 1.82) is 0 Å². The second-order valence-electron chi connectivity index (χ2n) is 12.2. The van der Waals surface area contributed by atoms with Gasteiger partial charge in [-0.3, -0.25) is 4.79 Å². The highest BCUT2D eigenvalue weighted by Crippen LogP contribution is 2.71. The molecule has 33 heavy (non-hydrogen) atoms. The Hall–Kier alpha value is -2.24. The van der Waals surface area contributed by atoms with Crippen LogP contribution in [0.2, 0.25) is 0 Å². The Morgan fingerprint density at radius 1 is 1.12 bits per heavy atom. The smallest absolute Gasteiger partial charge is 0.404 e. The van der Waals surface area contributed by atoms with E-state index in [1.165, 1.54) is 24.0 Å². The molecule has 3 saturated carbocycles. The van der Waals surface area contributed by atoms with Crippen LogP contribution in [0.25, 0.3) is 0 Å². The summed E-state index contributed by atoms with van der Waals surface area (Å²) in [5.74, 6) is 2.38. The van der Waals surface area contributed by atoms with E-state index in [0.29, 0.717) is 29.8 Å². The fourth-order valence-electron chi connectivity index (χ4n) is 6.87. The van der Waals surface area contributed by atoms with Gasteiger partial charge >= 0.3 is 6.09 Å². The number of hydrogen-bond donors (Lipinski definition) is 1. The van der Waals surface area contributed by atoms with Gasteiger partial charge in [0.1, 0.15) is 5.75 Å². The van der Waals surface area contributed by atoms with E-state index < -0.39 is 6.09 Å². The Morgan fingerprint density at radius 3 is 2.39 bits per heavy atom. The van der Waals surface area contributed by atoms with Crippen LogP contribution in [0, 0.1) is 22.7 Å². The van der Waals surface area contributed by atoms with Crippen LogP contribution >= 0.6 is 0 Å². The van der Waals surface area contributed by atoms with E-state index in [-0.39, 0.29) is 16.7 Å². The molecule has 6 nitrogen and oxygen atoms in total. The molecule has 1 aliphatic heterocycles. The van der Waals surface area contributed by atoms with Crippen molar-refractivity contribution in [2.75, 3.05) is 26.8 Å². The molecule has 1 aromatic carbocycles. The Morgan fingerprint density at radius 2 is 1.82 bits per heavy atom. The number of fused-ring (bicyclic) bond motifs is 1. The number of carbonyl (C=O) groups excluding carboxylic acids is 2. The van der Waals surface area contributed by atoms with Crippen LogP contribution in [0.5, 0.6) is 5.75 Å². The van der Waals surface area contributed by atoms with E-state index >= 15 is 0 Å². The second kappa shape index (κ2) is 7.64. The molecule has 2 N–H and O–H groups in total. The number of methoxy groups -OCH3 is 1. The van der Waals surface area contributed by atoms with Crippen molar-refractivity contribution in [2.24, 2.45) is 28.4 Å². The van der Waals surface area contributed by atoms with Gasteiger partial charge in [-0.25, -0.2) is 4.79 Å². The van der Waals surface area contributed by atoms with Crippen molar-refractivity contribution in [1.82, 2.24) is 4.90 Å². The monoisotopic (exact) mass is 454 g/mol. The van der Waals surface area contributed by atoms with Crippen LogP contribution in [0.3, 0.4) is 0 Å². The van der Waals surface area contributed by atoms with E-state index in [9.17, 15) is 9.59 Å². The summed E-state index contributed by atoms with van der Waals surface area (Å²) in [7, 11) is 1.77. The van der Waals surface area contributed by atoms with Crippen molar-refractivity contribution < 1.29 is 19.1 Å². The Balaban J connectivity index is 1.14. The minimum absolute atomic E-state index is 0.0498. The van der Waals surface area contributed by atoms with Gasteiger partial charge in [-0.05, 0) is 78.4 Å². The molecule has 1 heterocycles. The minimum atomic E-state index is -0.715. The molecule has 2 amide bonds. The maximum absolute atomic E-state index is 13.1. The number of rotatable bonds is 5. The lowest BCUT2D eigenvalue weighted by Crippen LogP contribution is -2.51. The molecule has 0 radical (unpaired) electrons. The van der Waals surface area contributed by atoms with Crippen molar-refractivity contribution in [3.05, 3.63) is 29.3 Å². The zero-order chi connectivity index (χ0) is 23.6. The molecule has 6 heteroatoms. The van der Waals surface area contributed by atoms with E-state index in [4.69, 9.17) is 15.2 Å². The Kier molecular flexibility index (Phi) is 5.22. The number of carbonyl (C=O) groups is 2. The molecular formula is C27H38N2O4. The molecule has 1 unspecified atom stereocenters. The molecule has 5 rings (SSSR count). The van der Waals surface area contributed by atoms with Crippen LogP contribution in [0.1, 0.15) is 76.3 Å². The summed E-state index contributed by atoms with van der Waals surface area (Å²) in [6.45, 7) is 8.89. The molecule has 4 aliphatic rings. The largest absolute Gasteiger partial charge is 0.496 e. The lowest BCUT2D eigenvalue weighted by molar-refractivity contribution is -0.144. The quantitative estimate of drug-likeness (QED) is 0.705. The van der Waals surface area contributed by atoms with Crippen molar-refractivity contribution in [3.63, 3.8) is 0 Å². The molecule has 3 atom stereocenters. The molecule has 1 spiro atoms. The van der Waals surface area contributed by atoms with Gasteiger partial charge in [0.25, 0.3) is 0 Å². The number of benzene rings is 1. The number of nitrogens with two attached hydrogens (primary N) is 1. The van der Waals surface area contributed by atoms with Crippen molar-refractivity contribution >= 4 is 12.0 Å². The standard InChI is InChI=1S/C27H38N2O4/c1-25(2,3)18-5-6-22(32-4)19(11-18)17-12-26(13-17)7-9-29(10-8-26)23(30)20-14-27(15-21(20)27)16-33-24(28)31/h5-6,11,17,20-21H,7-10,12-16H2,1-4H3,(H2,28,31)/t20-,21?,27-/m1/s1. The molecule has 1 saturated heterocycles. The molecular weight excluding hydrogens is 416 g/mol. The molecule has 0 aromatic heterocycles. The third kappa shape index (κ3) is 3.89. The maximum Gasteiger partial charge on any atom is 0.404 e. The first-order valence-corrected chi connectivity index (χ1v) is 12.5. The average molecular weight is 455 g/mol. The molecule has 3 aliphatic carbocycles. The number of ether oxygens (including phenoxy) is 2. The van der Waals surface area contributed by atoms with Crippen molar-refractivity contribution in [3.8, 4) is 5.75 Å². The van der Waals surface area contributed by atoms with Crippen molar-refractivity contribution in [2.45, 2.75) is 70.6 Å². The summed E-state index contributed by atoms with van der Waals surface area (Å²) in [4.78, 5) is 26.1. The average Bonchev–Trinajstić information content (AvgIpc) is 3.32. The van der Waals surface area contributed by atoms with Gasteiger partial charge < -0.3 is 20.1 Å². The third-order valence-electron chi connectivity index (χ3n) is 9.21. The third-order valence-corrected chi connectivity index (χ3v) is 9.21. The first-order chi connectivity index (χ1) is 15.6. The topological polar surface area (TPSA) is 81.9 Å². The molecule has 0 bridgehead atoms. The van der Waals surface area contributed by atoms with Gasteiger partial charge in [-0.15, -0.1) is 0 Å². The number of hydrogen-bond acceptors (Lipinski definition) is 4. The zero-order valence-electron chi connectivity index (χ0n) is 20.5. The summed E-state index contributed by atoms with van der Waals surface area (Å²) < 4.78 is 10.7. The molecule has 1 aromatic rings. The summed E-state index contributed by atoms with van der Waals surface area (Å²) in [6, 6.07) is 6.68. The SMILES string of the molecule is COc1ccc(C(C)(C)C)cc1C1CC2(CCN(C(=O)[C@@H]3C[C@]4(COC(N)=O)CC34)CC2)C1. The van der Waals surface area contributed by atoms with Crippen LogP contribution in [-0.4, -0.2) is 43.7 Å². The summed E-state index contributed by atoms with van der Waals surface area (Å²) in [5, 5.41) is 0. The number of primary amides is 1. The number of amides is 2. The Bertz CT molecular complexity index is 951. The number of nitrogens with zero attached hydrogens (tertiary/aromatic N) is 1. The number of likely N-dealkylation sites (tertiary alicyclic amines) is 1. The highest BCUT2D eigenvalue weighted by atomic mass is 16.5. The molecule has 180 valence electrons. The summed E-state index contributed by atoms with van der Waals surface area (Å²) >= 11 is 0. The zero-order valence-corrected chi connectivity index (χ0v) is 20.5. The fourth-order valence-corrected chi connectivity index (χ4v) is 6.87. The second-order valence-corrected chi connectivity index (χ2v) is 12.2. The van der Waals surface area contributed by atoms with E-state index in [1.807, 2.05) is 0 Å². The van der Waals surface area contributed by atoms with Gasteiger partial charge in [-0.2, -0.15) is 0 Å². The first kappa shape index (κ1) is 22.5. The van der Waals surface area contributed by atoms with Gasteiger partial charge in [-0.1, -0.05) is 32.9 Å². The highest BCUT2D eigenvalue weighted by molar-refractivity contribution is 5.81. The van der Waals surface area contributed by atoms with E-state index in [1.54, 1.807) is 7.11 Å².